The van der Waals surface area contributed by atoms with Gasteiger partial charge in [-0.1, -0.05) is 0 Å². The maximum Gasteiger partial charge on any atom is 0.338 e. The normalized spacial score (nSPS) is 10.6. The summed E-state index contributed by atoms with van der Waals surface area (Å²) >= 11 is 0. The lowest BCUT2D eigenvalue weighted by Crippen LogP contribution is -1.97. The molecule has 0 radical (unpaired) electrons. The van der Waals surface area contributed by atoms with Gasteiger partial charge in [-0.25, -0.2) is 4.79 Å². The minimum atomic E-state index is -1.00. The topological polar surface area (TPSA) is 79.2 Å². The molecule has 0 aliphatic carbocycles. The molecule has 0 aliphatic heterocycles. The lowest BCUT2D eigenvalue weighted by Gasteiger charge is -2.02. The number of benzene rings is 1. The van der Waals surface area contributed by atoms with E-state index >= 15 is 0 Å². The van der Waals surface area contributed by atoms with E-state index in [0.717, 1.165) is 10.9 Å². The number of furan rings is 1. The van der Waals surface area contributed by atoms with E-state index < -0.39 is 5.97 Å². The maximum atomic E-state index is 10.8. The van der Waals surface area contributed by atoms with Crippen LogP contribution in [0.25, 0.3) is 10.9 Å². The monoisotopic (exact) mass is 266 g/mol. The summed E-state index contributed by atoms with van der Waals surface area (Å²) in [5.41, 5.74) is 1.72. The van der Waals surface area contributed by atoms with Gasteiger partial charge in [-0.3, -0.25) is 0 Å². The number of fused-ring (bicyclic) bond motifs is 1. The molecule has 0 atom stereocenters. The van der Waals surface area contributed by atoms with E-state index in [2.05, 4.69) is 6.07 Å². The first kappa shape index (κ1) is 12.1. The molecule has 3 aromatic rings. The van der Waals surface area contributed by atoms with Crippen molar-refractivity contribution in [3.05, 3.63) is 59.7 Å². The van der Waals surface area contributed by atoms with Crippen LogP contribution in [0.15, 0.2) is 47.2 Å². The summed E-state index contributed by atoms with van der Waals surface area (Å²) in [5, 5.41) is 18.7. The number of carboxylic acids is 1. The zero-order valence-electron chi connectivity index (χ0n) is 10.4. The van der Waals surface area contributed by atoms with Crippen molar-refractivity contribution >= 4 is 16.9 Å². The van der Waals surface area contributed by atoms with E-state index in [9.17, 15) is 4.79 Å². The Hall–Kier alpha value is -3.00. The number of aromatic carboxylic acids is 1. The van der Waals surface area contributed by atoms with Gasteiger partial charge >= 0.3 is 5.97 Å². The SMILES string of the molecule is N#Cc1ccc2c(ccn2Cc2cc(C(=O)O)co2)c1. The number of hydrogen-bond acceptors (Lipinski definition) is 3. The van der Waals surface area contributed by atoms with Crippen LogP contribution >= 0.6 is 0 Å². The van der Waals surface area contributed by atoms with Crippen LogP contribution in [0.3, 0.4) is 0 Å². The molecular formula is C15H10N2O3. The van der Waals surface area contributed by atoms with Gasteiger partial charge in [0.15, 0.2) is 0 Å². The van der Waals surface area contributed by atoms with Gasteiger partial charge in [0.2, 0.25) is 0 Å². The predicted molar refractivity (Wildman–Crippen MR) is 71.4 cm³/mol. The predicted octanol–water partition coefficient (Wildman–Crippen LogP) is 2.85. The summed E-state index contributed by atoms with van der Waals surface area (Å²) in [5.74, 6) is -0.430. The Bertz CT molecular complexity index is 836. The maximum absolute atomic E-state index is 10.8. The van der Waals surface area contributed by atoms with Crippen LogP contribution in [0, 0.1) is 11.3 Å². The van der Waals surface area contributed by atoms with Gasteiger partial charge in [0.25, 0.3) is 0 Å². The molecule has 98 valence electrons. The van der Waals surface area contributed by atoms with Gasteiger partial charge in [0.1, 0.15) is 12.0 Å². The van der Waals surface area contributed by atoms with Crippen LogP contribution < -0.4 is 0 Å². The summed E-state index contributed by atoms with van der Waals surface area (Å²) in [6.45, 7) is 0.447. The number of nitrogens with zero attached hydrogens (tertiary/aromatic N) is 2. The third kappa shape index (κ3) is 2.04. The second-order valence-corrected chi connectivity index (χ2v) is 4.44. The highest BCUT2D eigenvalue weighted by Crippen LogP contribution is 2.19. The Balaban J connectivity index is 1.94. The number of hydrogen-bond donors (Lipinski definition) is 1. The van der Waals surface area contributed by atoms with Crippen molar-refractivity contribution in [3.63, 3.8) is 0 Å². The fraction of sp³-hybridized carbons (Fsp3) is 0.0667. The molecule has 1 aromatic carbocycles. The zero-order valence-corrected chi connectivity index (χ0v) is 10.4. The molecule has 0 aliphatic rings. The molecule has 20 heavy (non-hydrogen) atoms. The smallest absolute Gasteiger partial charge is 0.338 e. The standard InChI is InChI=1S/C15H10N2O3/c16-7-10-1-2-14-11(5-10)3-4-17(14)8-13-6-12(9-20-13)15(18)19/h1-6,9H,8H2,(H,18,19). The Morgan fingerprint density at radius 1 is 1.35 bits per heavy atom. The minimum absolute atomic E-state index is 0.142. The van der Waals surface area contributed by atoms with Crippen molar-refractivity contribution in [2.45, 2.75) is 6.54 Å². The third-order valence-electron chi connectivity index (χ3n) is 3.13. The summed E-state index contributed by atoms with van der Waals surface area (Å²) < 4.78 is 7.18. The molecule has 0 fully saturated rings. The second kappa shape index (κ2) is 4.59. The van der Waals surface area contributed by atoms with Crippen LogP contribution in [0.2, 0.25) is 0 Å². The average molecular weight is 266 g/mol. The quantitative estimate of drug-likeness (QED) is 0.790. The van der Waals surface area contributed by atoms with Crippen LogP contribution in [0.4, 0.5) is 0 Å². The van der Waals surface area contributed by atoms with E-state index in [1.165, 1.54) is 12.3 Å². The second-order valence-electron chi connectivity index (χ2n) is 4.44. The van der Waals surface area contributed by atoms with Crippen LogP contribution in [0.1, 0.15) is 21.7 Å². The molecule has 0 bridgehead atoms. The van der Waals surface area contributed by atoms with E-state index in [1.807, 2.05) is 29.0 Å². The van der Waals surface area contributed by atoms with Crippen molar-refractivity contribution in [2.75, 3.05) is 0 Å². The van der Waals surface area contributed by atoms with Crippen molar-refractivity contribution in [1.82, 2.24) is 4.57 Å². The Kier molecular flexibility index (Phi) is 2.77. The molecule has 0 unspecified atom stereocenters. The number of nitriles is 1. The highest BCUT2D eigenvalue weighted by atomic mass is 16.4. The molecule has 5 nitrogen and oxygen atoms in total. The van der Waals surface area contributed by atoms with Crippen molar-refractivity contribution in [2.24, 2.45) is 0 Å². The minimum Gasteiger partial charge on any atom is -0.478 e. The summed E-state index contributed by atoms with van der Waals surface area (Å²) in [7, 11) is 0. The molecule has 1 N–H and O–H groups in total. The fourth-order valence-corrected chi connectivity index (χ4v) is 2.15. The third-order valence-corrected chi connectivity index (χ3v) is 3.13. The first-order valence-electron chi connectivity index (χ1n) is 5.97. The Morgan fingerprint density at radius 3 is 2.90 bits per heavy atom. The number of carbonyl (C=O) groups is 1. The van der Waals surface area contributed by atoms with Crippen molar-refractivity contribution in [3.8, 4) is 6.07 Å². The summed E-state index contributed by atoms with van der Waals surface area (Å²) in [4.78, 5) is 10.8. The lowest BCUT2D eigenvalue weighted by molar-refractivity contribution is 0.0696. The molecule has 5 heteroatoms. The van der Waals surface area contributed by atoms with Crippen molar-refractivity contribution in [1.29, 1.82) is 5.26 Å². The van der Waals surface area contributed by atoms with E-state index in [4.69, 9.17) is 14.8 Å². The van der Waals surface area contributed by atoms with Crippen LogP contribution in [-0.4, -0.2) is 15.6 Å². The van der Waals surface area contributed by atoms with E-state index in [-0.39, 0.29) is 5.56 Å². The molecule has 0 saturated carbocycles. The molecule has 3 rings (SSSR count). The first-order valence-corrected chi connectivity index (χ1v) is 5.97. The van der Waals surface area contributed by atoms with Gasteiger partial charge in [-0.2, -0.15) is 5.26 Å². The summed E-state index contributed by atoms with van der Waals surface area (Å²) in [6, 6.07) is 11.0. The largest absolute Gasteiger partial charge is 0.478 e. The Morgan fingerprint density at radius 2 is 2.20 bits per heavy atom. The van der Waals surface area contributed by atoms with Crippen LogP contribution in [-0.2, 0) is 6.54 Å². The van der Waals surface area contributed by atoms with E-state index in [1.54, 1.807) is 6.07 Å². The molecule has 0 amide bonds. The molecule has 2 aromatic heterocycles. The fourth-order valence-electron chi connectivity index (χ4n) is 2.15. The van der Waals surface area contributed by atoms with Crippen molar-refractivity contribution < 1.29 is 14.3 Å². The van der Waals surface area contributed by atoms with Gasteiger partial charge in [0.05, 0.1) is 23.7 Å². The molecule has 2 heterocycles. The van der Waals surface area contributed by atoms with Crippen LogP contribution in [0.5, 0.6) is 0 Å². The number of rotatable bonds is 3. The lowest BCUT2D eigenvalue weighted by atomic mass is 10.2. The summed E-state index contributed by atoms with van der Waals surface area (Å²) in [6.07, 6.45) is 3.12. The zero-order chi connectivity index (χ0) is 14.1. The highest BCUT2D eigenvalue weighted by Gasteiger charge is 2.10. The van der Waals surface area contributed by atoms with Gasteiger partial charge in [-0.15, -0.1) is 0 Å². The first-order chi connectivity index (χ1) is 9.67. The number of carboxylic acid groups (broad SMARTS) is 1. The molecule has 0 saturated heterocycles. The van der Waals surface area contributed by atoms with Gasteiger partial charge in [0, 0.05) is 17.1 Å². The van der Waals surface area contributed by atoms with Gasteiger partial charge in [-0.05, 0) is 30.3 Å². The molecule has 0 spiro atoms. The number of aromatic nitrogens is 1. The molecular weight excluding hydrogens is 256 g/mol. The Labute approximate surface area is 114 Å². The van der Waals surface area contributed by atoms with Gasteiger partial charge < -0.3 is 14.1 Å². The average Bonchev–Trinajstić information content (AvgIpc) is 3.06. The van der Waals surface area contributed by atoms with E-state index in [0.29, 0.717) is 17.9 Å². The highest BCUT2D eigenvalue weighted by molar-refractivity contribution is 5.87.